The Morgan fingerprint density at radius 2 is 1.45 bits per heavy atom. The summed E-state index contributed by atoms with van der Waals surface area (Å²) in [4.78, 5) is 0. The van der Waals surface area contributed by atoms with E-state index >= 15 is 0 Å². The number of hydrogen-bond acceptors (Lipinski definition) is 0. The summed E-state index contributed by atoms with van der Waals surface area (Å²) in [6.45, 7) is 2.01. The minimum Gasteiger partial charge on any atom is -0.166 e. The molecule has 0 saturated carbocycles. The summed E-state index contributed by atoms with van der Waals surface area (Å²) in [6.07, 6.45) is -1.44. The van der Waals surface area contributed by atoms with Crippen molar-refractivity contribution < 1.29 is 13.2 Å². The number of rotatable bonds is 3. The van der Waals surface area contributed by atoms with E-state index in [0.717, 1.165) is 35.3 Å². The average molecular weight is 276 g/mol. The van der Waals surface area contributed by atoms with Gasteiger partial charge in [0, 0.05) is 0 Å². The first kappa shape index (κ1) is 14.4. The highest BCUT2D eigenvalue weighted by Crippen LogP contribution is 2.31. The van der Waals surface area contributed by atoms with Crippen molar-refractivity contribution in [2.24, 2.45) is 0 Å². The van der Waals surface area contributed by atoms with Crippen LogP contribution in [-0.4, -0.2) is 0 Å². The van der Waals surface area contributed by atoms with Crippen LogP contribution in [0.3, 0.4) is 0 Å². The van der Waals surface area contributed by atoms with E-state index in [9.17, 15) is 13.2 Å². The van der Waals surface area contributed by atoms with Gasteiger partial charge < -0.3 is 0 Å². The molecule has 2 rings (SSSR count). The van der Waals surface area contributed by atoms with Gasteiger partial charge in [-0.05, 0) is 35.3 Å². The van der Waals surface area contributed by atoms with Gasteiger partial charge in [0.2, 0.25) is 0 Å². The third kappa shape index (κ3) is 3.29. The van der Waals surface area contributed by atoms with E-state index in [1.165, 1.54) is 12.1 Å². The number of hydrogen-bond donors (Lipinski definition) is 0. The van der Waals surface area contributed by atoms with Crippen LogP contribution in [0.25, 0.3) is 5.57 Å². The third-order valence-electron chi connectivity index (χ3n) is 3.02. The molecule has 0 aromatic heterocycles. The molecule has 0 bridgehead atoms. The molecule has 0 fully saturated rings. The Bertz CT molecular complexity index is 578. The molecular formula is C17H15F3. The fourth-order valence-electron chi connectivity index (χ4n) is 2.06. The number of halogens is 3. The lowest BCUT2D eigenvalue weighted by Crippen LogP contribution is -2.04. The maximum Gasteiger partial charge on any atom is 0.416 e. The van der Waals surface area contributed by atoms with Gasteiger partial charge in [-0.1, -0.05) is 55.5 Å². The van der Waals surface area contributed by atoms with Gasteiger partial charge in [-0.15, -0.1) is 0 Å². The molecule has 0 heterocycles. The molecule has 0 nitrogen and oxygen atoms in total. The van der Waals surface area contributed by atoms with E-state index < -0.39 is 11.7 Å². The predicted octanol–water partition coefficient (Wildman–Crippen LogP) is 5.55. The van der Waals surface area contributed by atoms with Gasteiger partial charge in [0.05, 0.1) is 5.56 Å². The Morgan fingerprint density at radius 3 is 1.95 bits per heavy atom. The molecule has 0 radical (unpaired) electrons. The Hall–Kier alpha value is -2.03. The quantitative estimate of drug-likeness (QED) is 0.689. The van der Waals surface area contributed by atoms with Crippen molar-refractivity contribution in [2.75, 3.05) is 0 Å². The summed E-state index contributed by atoms with van der Waals surface area (Å²) in [5, 5.41) is 0. The fourth-order valence-corrected chi connectivity index (χ4v) is 2.06. The summed E-state index contributed by atoms with van der Waals surface area (Å²) in [7, 11) is 0. The Kier molecular flexibility index (Phi) is 4.28. The van der Waals surface area contributed by atoms with Crippen molar-refractivity contribution in [3.05, 3.63) is 77.4 Å². The Morgan fingerprint density at radius 1 is 0.900 bits per heavy atom. The van der Waals surface area contributed by atoms with Crippen LogP contribution in [-0.2, 0) is 6.18 Å². The number of allylic oxidation sites excluding steroid dienone is 1. The zero-order chi connectivity index (χ0) is 14.6. The highest BCUT2D eigenvalue weighted by molar-refractivity contribution is 5.79. The zero-order valence-electron chi connectivity index (χ0n) is 11.1. The van der Waals surface area contributed by atoms with Crippen molar-refractivity contribution >= 4 is 5.57 Å². The van der Waals surface area contributed by atoms with Crippen LogP contribution < -0.4 is 0 Å². The molecule has 0 aliphatic rings. The number of benzene rings is 2. The maximum atomic E-state index is 12.6. The maximum absolute atomic E-state index is 12.6. The lowest BCUT2D eigenvalue weighted by atomic mass is 9.96. The van der Waals surface area contributed by atoms with Crippen LogP contribution in [0.2, 0.25) is 0 Å². The van der Waals surface area contributed by atoms with Crippen molar-refractivity contribution in [1.82, 2.24) is 0 Å². The van der Waals surface area contributed by atoms with Crippen LogP contribution in [0.1, 0.15) is 30.0 Å². The van der Waals surface area contributed by atoms with Gasteiger partial charge in [0.25, 0.3) is 0 Å². The zero-order valence-corrected chi connectivity index (χ0v) is 11.1. The molecule has 2 aromatic rings. The second-order valence-electron chi connectivity index (χ2n) is 4.47. The topological polar surface area (TPSA) is 0 Å². The van der Waals surface area contributed by atoms with Crippen LogP contribution in [0.15, 0.2) is 60.7 Å². The van der Waals surface area contributed by atoms with Crippen molar-refractivity contribution in [2.45, 2.75) is 19.5 Å². The first-order valence-electron chi connectivity index (χ1n) is 6.45. The van der Waals surface area contributed by atoms with E-state index in [1.54, 1.807) is 0 Å². The normalized spacial score (nSPS) is 12.5. The van der Waals surface area contributed by atoms with Gasteiger partial charge in [-0.3, -0.25) is 0 Å². The van der Waals surface area contributed by atoms with Crippen molar-refractivity contribution in [3.8, 4) is 0 Å². The highest BCUT2D eigenvalue weighted by atomic mass is 19.4. The largest absolute Gasteiger partial charge is 0.416 e. The molecule has 0 aliphatic heterocycles. The number of alkyl halides is 3. The van der Waals surface area contributed by atoms with Crippen molar-refractivity contribution in [1.29, 1.82) is 0 Å². The second kappa shape index (κ2) is 5.95. The van der Waals surface area contributed by atoms with Gasteiger partial charge in [0.1, 0.15) is 0 Å². The summed E-state index contributed by atoms with van der Waals surface area (Å²) in [5.74, 6) is 0. The lowest BCUT2D eigenvalue weighted by Gasteiger charge is -2.11. The Balaban J connectivity index is 2.39. The van der Waals surface area contributed by atoms with E-state index in [-0.39, 0.29) is 0 Å². The summed E-state index contributed by atoms with van der Waals surface area (Å²) >= 11 is 0. The minimum absolute atomic E-state index is 0.620. The molecule has 3 heteroatoms. The molecule has 0 saturated heterocycles. The van der Waals surface area contributed by atoms with Crippen LogP contribution >= 0.6 is 0 Å². The van der Waals surface area contributed by atoms with Crippen LogP contribution in [0.4, 0.5) is 13.2 Å². The predicted molar refractivity (Wildman–Crippen MR) is 75.3 cm³/mol. The molecule has 0 atom stereocenters. The summed E-state index contributed by atoms with van der Waals surface area (Å²) < 4.78 is 37.7. The molecule has 0 amide bonds. The molecule has 0 aliphatic carbocycles. The average Bonchev–Trinajstić information content (AvgIpc) is 2.45. The van der Waals surface area contributed by atoms with Gasteiger partial charge >= 0.3 is 6.18 Å². The van der Waals surface area contributed by atoms with Gasteiger partial charge in [0.15, 0.2) is 0 Å². The first-order chi connectivity index (χ1) is 9.52. The van der Waals surface area contributed by atoms with Gasteiger partial charge in [-0.25, -0.2) is 0 Å². The molecule has 20 heavy (non-hydrogen) atoms. The van der Waals surface area contributed by atoms with E-state index in [0.29, 0.717) is 0 Å². The van der Waals surface area contributed by atoms with E-state index in [4.69, 9.17) is 0 Å². The molecule has 2 aromatic carbocycles. The lowest BCUT2D eigenvalue weighted by molar-refractivity contribution is -0.137. The molecule has 0 spiro atoms. The smallest absolute Gasteiger partial charge is 0.166 e. The fraction of sp³-hybridized carbons (Fsp3) is 0.176. The molecule has 0 N–H and O–H groups in total. The SMILES string of the molecule is CC/C=C(\c1ccccc1)c1ccc(C(F)(F)F)cc1. The molecule has 0 unspecified atom stereocenters. The van der Waals surface area contributed by atoms with Crippen LogP contribution in [0, 0.1) is 0 Å². The standard InChI is InChI=1S/C17H15F3/c1-2-6-16(13-7-4-3-5-8-13)14-9-11-15(12-10-14)17(18,19)20/h3-12H,2H2,1H3/b16-6+. The molecular weight excluding hydrogens is 261 g/mol. The van der Waals surface area contributed by atoms with Crippen LogP contribution in [0.5, 0.6) is 0 Å². The Labute approximate surface area is 116 Å². The molecule has 104 valence electrons. The van der Waals surface area contributed by atoms with E-state index in [1.807, 2.05) is 43.3 Å². The monoisotopic (exact) mass is 276 g/mol. The third-order valence-corrected chi connectivity index (χ3v) is 3.02. The second-order valence-corrected chi connectivity index (χ2v) is 4.47. The summed E-state index contributed by atoms with van der Waals surface area (Å²) in [5.41, 5.74) is 2.15. The van der Waals surface area contributed by atoms with E-state index in [2.05, 4.69) is 0 Å². The summed E-state index contributed by atoms with van der Waals surface area (Å²) in [6, 6.07) is 15.0. The first-order valence-corrected chi connectivity index (χ1v) is 6.45. The van der Waals surface area contributed by atoms with Crippen molar-refractivity contribution in [3.63, 3.8) is 0 Å². The minimum atomic E-state index is -4.29. The van der Waals surface area contributed by atoms with Gasteiger partial charge in [-0.2, -0.15) is 13.2 Å². The highest BCUT2D eigenvalue weighted by Gasteiger charge is 2.30.